The molecule has 2 heteroatoms. The molecule has 4 rings (SSSR count). The standard InChI is InChI=1S/C27H46O2/c1-18(2)8-6-9-19(3)21-11-12-22-20-13-17-27(29)24(28)10-7-15-26(27,5)23(20)14-16-25(21,22)4/h18-23,29H,6-17H2,1-5H3/t19-,20+,21-,22+,23+,25-,26-,27-/m1/s1. The molecule has 29 heavy (non-hydrogen) atoms. The SMILES string of the molecule is CC(C)CCC[C@@H](C)[C@H]1CC[C@H]2[C@@H]3CC[C@@]4(O)C(=O)CCC[C@]4(C)[C@H]3CC[C@]12C. The normalized spacial score (nSPS) is 48.2. The van der Waals surface area contributed by atoms with Crippen molar-refractivity contribution >= 4 is 5.78 Å². The molecule has 1 N–H and O–H groups in total. The van der Waals surface area contributed by atoms with E-state index in [9.17, 15) is 9.90 Å². The van der Waals surface area contributed by atoms with E-state index >= 15 is 0 Å². The third kappa shape index (κ3) is 3.26. The molecular weight excluding hydrogens is 356 g/mol. The number of Topliss-reactive ketones (excluding diaryl/α,β-unsaturated/α-hetero) is 1. The molecule has 0 spiro atoms. The summed E-state index contributed by atoms with van der Waals surface area (Å²) in [4.78, 5) is 12.8. The third-order valence-corrected chi connectivity index (χ3v) is 10.8. The average molecular weight is 403 g/mol. The van der Waals surface area contributed by atoms with E-state index in [2.05, 4.69) is 34.6 Å². The number of fused-ring (bicyclic) bond motifs is 5. The van der Waals surface area contributed by atoms with Gasteiger partial charge in [-0.15, -0.1) is 0 Å². The molecule has 4 aliphatic rings. The van der Waals surface area contributed by atoms with Crippen molar-refractivity contribution in [1.82, 2.24) is 0 Å². The van der Waals surface area contributed by atoms with Crippen LogP contribution in [0.15, 0.2) is 0 Å². The maximum atomic E-state index is 12.8. The van der Waals surface area contributed by atoms with Crippen LogP contribution in [-0.4, -0.2) is 16.5 Å². The first kappa shape index (κ1) is 21.8. The molecule has 0 aromatic carbocycles. The minimum absolute atomic E-state index is 0.154. The van der Waals surface area contributed by atoms with Crippen molar-refractivity contribution in [3.8, 4) is 0 Å². The average Bonchev–Trinajstić information content (AvgIpc) is 3.01. The van der Waals surface area contributed by atoms with E-state index < -0.39 is 5.60 Å². The van der Waals surface area contributed by atoms with Crippen LogP contribution in [0.1, 0.15) is 112 Å². The minimum atomic E-state index is -1.03. The van der Waals surface area contributed by atoms with Gasteiger partial charge in [0.1, 0.15) is 5.60 Å². The van der Waals surface area contributed by atoms with Crippen LogP contribution in [0, 0.1) is 46.3 Å². The quantitative estimate of drug-likeness (QED) is 0.549. The van der Waals surface area contributed by atoms with Gasteiger partial charge in [-0.1, -0.05) is 53.9 Å². The highest BCUT2D eigenvalue weighted by molar-refractivity contribution is 5.89. The van der Waals surface area contributed by atoms with E-state index in [1.54, 1.807) is 0 Å². The van der Waals surface area contributed by atoms with E-state index in [0.717, 1.165) is 55.3 Å². The number of rotatable bonds is 5. The summed E-state index contributed by atoms with van der Waals surface area (Å²) in [7, 11) is 0. The third-order valence-electron chi connectivity index (χ3n) is 10.8. The van der Waals surface area contributed by atoms with Crippen molar-refractivity contribution in [3.05, 3.63) is 0 Å². The molecule has 166 valence electrons. The molecule has 8 atom stereocenters. The Morgan fingerprint density at radius 2 is 1.72 bits per heavy atom. The number of hydrogen-bond donors (Lipinski definition) is 1. The number of aliphatic hydroxyl groups is 1. The van der Waals surface area contributed by atoms with Gasteiger partial charge in [-0.25, -0.2) is 0 Å². The van der Waals surface area contributed by atoms with Gasteiger partial charge in [0.2, 0.25) is 0 Å². The monoisotopic (exact) mass is 402 g/mol. The highest BCUT2D eigenvalue weighted by Gasteiger charge is 2.66. The topological polar surface area (TPSA) is 37.3 Å². The first-order chi connectivity index (χ1) is 13.6. The molecule has 0 aromatic rings. The molecular formula is C27H46O2. The van der Waals surface area contributed by atoms with Crippen molar-refractivity contribution in [2.24, 2.45) is 46.3 Å². The van der Waals surface area contributed by atoms with Crippen LogP contribution in [-0.2, 0) is 4.79 Å². The van der Waals surface area contributed by atoms with Crippen LogP contribution in [0.25, 0.3) is 0 Å². The van der Waals surface area contributed by atoms with Gasteiger partial charge >= 0.3 is 0 Å². The second-order valence-corrected chi connectivity index (χ2v) is 12.5. The van der Waals surface area contributed by atoms with Gasteiger partial charge < -0.3 is 5.11 Å². The summed E-state index contributed by atoms with van der Waals surface area (Å²) >= 11 is 0. The second kappa shape index (κ2) is 7.64. The first-order valence-electron chi connectivity index (χ1n) is 12.9. The minimum Gasteiger partial charge on any atom is -0.381 e. The Morgan fingerprint density at radius 3 is 2.45 bits per heavy atom. The van der Waals surface area contributed by atoms with Crippen molar-refractivity contribution < 1.29 is 9.90 Å². The lowest BCUT2D eigenvalue weighted by Crippen LogP contribution is -2.64. The smallest absolute Gasteiger partial charge is 0.164 e. The number of hydrogen-bond acceptors (Lipinski definition) is 2. The van der Waals surface area contributed by atoms with Gasteiger partial charge in [0.05, 0.1) is 0 Å². The zero-order chi connectivity index (χ0) is 21.0. The summed E-state index contributed by atoms with van der Waals surface area (Å²) in [5, 5.41) is 11.5. The lowest BCUT2D eigenvalue weighted by Gasteiger charge is -2.62. The van der Waals surface area contributed by atoms with Crippen LogP contribution < -0.4 is 0 Å². The summed E-state index contributed by atoms with van der Waals surface area (Å²) in [5.74, 6) is 4.80. The number of carbonyl (C=O) groups excluding carboxylic acids is 1. The molecule has 0 aromatic heterocycles. The molecule has 4 fully saturated rings. The number of ketones is 1. The molecule has 0 amide bonds. The van der Waals surface area contributed by atoms with E-state index in [1.807, 2.05) is 0 Å². The lowest BCUT2D eigenvalue weighted by molar-refractivity contribution is -0.203. The Morgan fingerprint density at radius 1 is 0.966 bits per heavy atom. The largest absolute Gasteiger partial charge is 0.381 e. The van der Waals surface area contributed by atoms with Gasteiger partial charge in [-0.05, 0) is 92.3 Å². The van der Waals surface area contributed by atoms with E-state index in [-0.39, 0.29) is 11.2 Å². The fourth-order valence-corrected chi connectivity index (χ4v) is 9.15. The molecule has 4 saturated carbocycles. The maximum Gasteiger partial charge on any atom is 0.164 e. The van der Waals surface area contributed by atoms with Gasteiger partial charge in [-0.3, -0.25) is 4.79 Å². The fraction of sp³-hybridized carbons (Fsp3) is 0.963. The van der Waals surface area contributed by atoms with Crippen molar-refractivity contribution in [2.45, 2.75) is 117 Å². The fourth-order valence-electron chi connectivity index (χ4n) is 9.15. The summed E-state index contributed by atoms with van der Waals surface area (Å²) in [6.07, 6.45) is 13.9. The molecule has 0 saturated heterocycles. The molecule has 0 radical (unpaired) electrons. The van der Waals surface area contributed by atoms with Gasteiger partial charge in [-0.2, -0.15) is 0 Å². The van der Waals surface area contributed by atoms with E-state index in [4.69, 9.17) is 0 Å². The van der Waals surface area contributed by atoms with Crippen LogP contribution in [0.2, 0.25) is 0 Å². The van der Waals surface area contributed by atoms with Gasteiger partial charge in [0.25, 0.3) is 0 Å². The predicted molar refractivity (Wildman–Crippen MR) is 120 cm³/mol. The maximum absolute atomic E-state index is 12.8. The van der Waals surface area contributed by atoms with Crippen molar-refractivity contribution in [1.29, 1.82) is 0 Å². The summed E-state index contributed by atoms with van der Waals surface area (Å²) in [6.45, 7) is 12.1. The number of carbonyl (C=O) groups is 1. The Hall–Kier alpha value is -0.370. The predicted octanol–water partition coefficient (Wildman–Crippen LogP) is 6.79. The summed E-state index contributed by atoms with van der Waals surface area (Å²) < 4.78 is 0. The molecule has 0 heterocycles. The van der Waals surface area contributed by atoms with Crippen LogP contribution in [0.5, 0.6) is 0 Å². The summed E-state index contributed by atoms with van der Waals surface area (Å²) in [6, 6.07) is 0. The lowest BCUT2D eigenvalue weighted by atomic mass is 9.43. The van der Waals surface area contributed by atoms with Crippen LogP contribution >= 0.6 is 0 Å². The van der Waals surface area contributed by atoms with Crippen LogP contribution in [0.3, 0.4) is 0 Å². The first-order valence-corrected chi connectivity index (χ1v) is 12.9. The van der Waals surface area contributed by atoms with E-state index in [1.165, 1.54) is 44.9 Å². The van der Waals surface area contributed by atoms with E-state index in [0.29, 0.717) is 17.8 Å². The zero-order valence-corrected chi connectivity index (χ0v) is 19.8. The molecule has 0 bridgehead atoms. The highest BCUT2D eigenvalue weighted by atomic mass is 16.3. The van der Waals surface area contributed by atoms with Crippen molar-refractivity contribution in [2.75, 3.05) is 0 Å². The Labute approximate surface area is 179 Å². The Balaban J connectivity index is 1.51. The molecule has 2 nitrogen and oxygen atoms in total. The molecule has 0 aliphatic heterocycles. The summed E-state index contributed by atoms with van der Waals surface area (Å²) in [5.41, 5.74) is -0.710. The van der Waals surface area contributed by atoms with Gasteiger partial charge in [0, 0.05) is 11.8 Å². The highest BCUT2D eigenvalue weighted by Crippen LogP contribution is 2.68. The van der Waals surface area contributed by atoms with Crippen molar-refractivity contribution in [3.63, 3.8) is 0 Å². The molecule has 4 aliphatic carbocycles. The Bertz CT molecular complexity index is 626. The second-order valence-electron chi connectivity index (χ2n) is 12.5. The Kier molecular flexibility index (Phi) is 5.76. The molecule has 0 unspecified atom stereocenters. The van der Waals surface area contributed by atoms with Gasteiger partial charge in [0.15, 0.2) is 5.78 Å². The van der Waals surface area contributed by atoms with Crippen LogP contribution in [0.4, 0.5) is 0 Å². The zero-order valence-electron chi connectivity index (χ0n) is 19.8.